The molecule has 11 nitrogen and oxygen atoms in total. The van der Waals surface area contributed by atoms with E-state index >= 15 is 0 Å². The monoisotopic (exact) mass is 394 g/mol. The third kappa shape index (κ3) is 45.1. The molecule has 0 unspecified atom stereocenters. The molecule has 0 heterocycles. The molecule has 0 bridgehead atoms. The first-order chi connectivity index (χ1) is 12.4. The van der Waals surface area contributed by atoms with Crippen molar-refractivity contribution in [2.24, 2.45) is 0 Å². The number of hydrogen-bond donors (Lipinski definition) is 4. The minimum absolute atomic E-state index is 0.0628. The fourth-order valence-electron chi connectivity index (χ4n) is 1.31. The molecule has 156 valence electrons. The van der Waals surface area contributed by atoms with Crippen LogP contribution < -0.4 is 0 Å². The molecule has 27 heavy (non-hydrogen) atoms. The molecule has 4 N–H and O–H groups in total. The molecule has 0 saturated heterocycles. The van der Waals surface area contributed by atoms with Crippen LogP contribution in [0.3, 0.4) is 0 Å². The SMILES string of the molecule is CC(=O)OC(C)=O.O=C(O)CCCCC(=O)O.O=C(O)CCCCC(=O)O. The summed E-state index contributed by atoms with van der Waals surface area (Å²) in [7, 11) is 0. The molecule has 0 aliphatic rings. The van der Waals surface area contributed by atoms with E-state index in [1.54, 1.807) is 0 Å². The first-order valence-electron chi connectivity index (χ1n) is 7.94. The van der Waals surface area contributed by atoms with E-state index in [-0.39, 0.29) is 25.7 Å². The van der Waals surface area contributed by atoms with Gasteiger partial charge in [-0.25, -0.2) is 0 Å². The van der Waals surface area contributed by atoms with E-state index in [2.05, 4.69) is 4.74 Å². The van der Waals surface area contributed by atoms with E-state index < -0.39 is 35.8 Å². The number of ether oxygens (including phenoxy) is 1. The van der Waals surface area contributed by atoms with Gasteiger partial charge in [-0.3, -0.25) is 28.8 Å². The zero-order chi connectivity index (χ0) is 21.8. The number of unbranched alkanes of at least 4 members (excludes halogenated alkanes) is 2. The Kier molecular flexibility index (Phi) is 20.6. The highest BCUT2D eigenvalue weighted by molar-refractivity contribution is 5.82. The lowest BCUT2D eigenvalue weighted by Crippen LogP contribution is -2.03. The summed E-state index contributed by atoms with van der Waals surface area (Å²) in [5.41, 5.74) is 0. The second-order valence-electron chi connectivity index (χ2n) is 5.07. The standard InChI is InChI=1S/2C6H10O4.C4H6O3/c2*7-5(8)3-1-2-4-6(9)10;1-3(5)7-4(2)6/h2*1-4H2,(H,7,8)(H,9,10);1-2H3. The molecular formula is C16H26O11. The van der Waals surface area contributed by atoms with Gasteiger partial charge in [0.05, 0.1) is 0 Å². The number of hydrogen-bond acceptors (Lipinski definition) is 7. The molecule has 0 fully saturated rings. The topological polar surface area (TPSA) is 193 Å². The fourth-order valence-corrected chi connectivity index (χ4v) is 1.31. The van der Waals surface area contributed by atoms with Gasteiger partial charge in [0.15, 0.2) is 0 Å². The predicted molar refractivity (Wildman–Crippen MR) is 89.9 cm³/mol. The summed E-state index contributed by atoms with van der Waals surface area (Å²) in [5.74, 6) is -4.61. The van der Waals surface area contributed by atoms with Crippen molar-refractivity contribution in [3.05, 3.63) is 0 Å². The van der Waals surface area contributed by atoms with Crippen molar-refractivity contribution in [1.82, 2.24) is 0 Å². The Morgan fingerprint density at radius 3 is 0.778 bits per heavy atom. The lowest BCUT2D eigenvalue weighted by Gasteiger charge is -1.92. The number of carbonyl (C=O) groups excluding carboxylic acids is 2. The van der Waals surface area contributed by atoms with E-state index in [1.165, 1.54) is 13.8 Å². The Bertz CT molecular complexity index is 421. The van der Waals surface area contributed by atoms with E-state index in [4.69, 9.17) is 20.4 Å². The summed E-state index contributed by atoms with van der Waals surface area (Å²) in [5, 5.41) is 32.5. The van der Waals surface area contributed by atoms with Crippen molar-refractivity contribution in [3.63, 3.8) is 0 Å². The highest BCUT2D eigenvalue weighted by Crippen LogP contribution is 1.99. The van der Waals surface area contributed by atoms with Crippen molar-refractivity contribution in [2.75, 3.05) is 0 Å². The molecule has 0 spiro atoms. The van der Waals surface area contributed by atoms with Gasteiger partial charge in [-0.2, -0.15) is 0 Å². The van der Waals surface area contributed by atoms with Crippen LogP contribution in [-0.2, 0) is 33.5 Å². The minimum atomic E-state index is -0.870. The predicted octanol–water partition coefficient (Wildman–Crippen LogP) is 1.53. The average Bonchev–Trinajstić information content (AvgIpc) is 2.47. The second kappa shape index (κ2) is 19.3. The Morgan fingerprint density at radius 2 is 0.704 bits per heavy atom. The smallest absolute Gasteiger partial charge is 0.310 e. The number of carbonyl (C=O) groups is 6. The molecule has 0 radical (unpaired) electrons. The number of carboxylic acids is 4. The first kappa shape index (κ1) is 28.8. The number of aliphatic carboxylic acids is 4. The number of carboxylic acid groups (broad SMARTS) is 4. The molecule has 0 aromatic heterocycles. The average molecular weight is 394 g/mol. The molecule has 0 aliphatic heterocycles. The van der Waals surface area contributed by atoms with Crippen LogP contribution in [0.4, 0.5) is 0 Å². The van der Waals surface area contributed by atoms with Crippen molar-refractivity contribution in [1.29, 1.82) is 0 Å². The van der Waals surface area contributed by atoms with Gasteiger partial charge in [-0.05, 0) is 25.7 Å². The van der Waals surface area contributed by atoms with Crippen LogP contribution in [-0.4, -0.2) is 56.2 Å². The molecule has 0 atom stereocenters. The van der Waals surface area contributed by atoms with E-state index in [9.17, 15) is 28.8 Å². The fraction of sp³-hybridized carbons (Fsp3) is 0.625. The van der Waals surface area contributed by atoms with Crippen LogP contribution in [0.25, 0.3) is 0 Å². The molecule has 0 amide bonds. The number of esters is 2. The highest BCUT2D eigenvalue weighted by Gasteiger charge is 2.00. The second-order valence-corrected chi connectivity index (χ2v) is 5.07. The Labute approximate surface area is 155 Å². The maximum Gasteiger partial charge on any atom is 0.310 e. The van der Waals surface area contributed by atoms with E-state index in [1.807, 2.05) is 0 Å². The zero-order valence-corrected chi connectivity index (χ0v) is 15.3. The van der Waals surface area contributed by atoms with Crippen LogP contribution in [0, 0.1) is 0 Å². The lowest BCUT2D eigenvalue weighted by molar-refractivity contribution is -0.156. The van der Waals surface area contributed by atoms with Crippen molar-refractivity contribution < 1.29 is 53.9 Å². The largest absolute Gasteiger partial charge is 0.481 e. The normalized spacial score (nSPS) is 8.81. The molecule has 11 heteroatoms. The van der Waals surface area contributed by atoms with Crippen LogP contribution in [0.5, 0.6) is 0 Å². The Morgan fingerprint density at radius 1 is 0.519 bits per heavy atom. The summed E-state index contributed by atoms with van der Waals surface area (Å²) in [4.78, 5) is 59.2. The van der Waals surface area contributed by atoms with Crippen molar-refractivity contribution >= 4 is 35.8 Å². The summed E-state index contributed by atoms with van der Waals surface area (Å²) in [6, 6.07) is 0. The van der Waals surface area contributed by atoms with Gasteiger partial charge >= 0.3 is 35.8 Å². The van der Waals surface area contributed by atoms with E-state index in [0.717, 1.165) is 0 Å². The Balaban J connectivity index is -0.000000326. The van der Waals surface area contributed by atoms with Gasteiger partial charge in [0.1, 0.15) is 0 Å². The highest BCUT2D eigenvalue weighted by atomic mass is 16.6. The van der Waals surface area contributed by atoms with Crippen LogP contribution in [0.15, 0.2) is 0 Å². The zero-order valence-electron chi connectivity index (χ0n) is 15.3. The summed E-state index contributed by atoms with van der Waals surface area (Å²) in [6.07, 6.45) is 2.04. The van der Waals surface area contributed by atoms with Gasteiger partial charge in [0.2, 0.25) is 0 Å². The molecular weight excluding hydrogens is 368 g/mol. The maximum absolute atomic E-state index is 9.90. The molecule has 0 aromatic rings. The summed E-state index contributed by atoms with van der Waals surface area (Å²) < 4.78 is 3.97. The van der Waals surface area contributed by atoms with Gasteiger partial charge in [-0.1, -0.05) is 0 Å². The van der Waals surface area contributed by atoms with Gasteiger partial charge < -0.3 is 25.2 Å². The molecule has 0 aliphatic carbocycles. The van der Waals surface area contributed by atoms with Crippen molar-refractivity contribution in [2.45, 2.75) is 65.2 Å². The first-order valence-corrected chi connectivity index (χ1v) is 7.94. The minimum Gasteiger partial charge on any atom is -0.481 e. The van der Waals surface area contributed by atoms with Crippen molar-refractivity contribution in [3.8, 4) is 0 Å². The molecule has 0 saturated carbocycles. The van der Waals surface area contributed by atoms with Gasteiger partial charge in [-0.15, -0.1) is 0 Å². The van der Waals surface area contributed by atoms with Gasteiger partial charge in [0.25, 0.3) is 0 Å². The summed E-state index contributed by atoms with van der Waals surface area (Å²) in [6.45, 7) is 2.36. The molecule has 0 aromatic carbocycles. The number of rotatable bonds is 10. The molecule has 0 rings (SSSR count). The van der Waals surface area contributed by atoms with Gasteiger partial charge in [0, 0.05) is 39.5 Å². The third-order valence-corrected chi connectivity index (χ3v) is 2.35. The quantitative estimate of drug-likeness (QED) is 0.238. The van der Waals surface area contributed by atoms with Crippen LogP contribution in [0.2, 0.25) is 0 Å². The Hall–Kier alpha value is -2.98. The van der Waals surface area contributed by atoms with E-state index in [0.29, 0.717) is 25.7 Å². The third-order valence-electron chi connectivity index (χ3n) is 2.35. The summed E-state index contributed by atoms with van der Waals surface area (Å²) >= 11 is 0. The lowest BCUT2D eigenvalue weighted by atomic mass is 10.2. The maximum atomic E-state index is 9.90. The van der Waals surface area contributed by atoms with Crippen LogP contribution in [0.1, 0.15) is 65.2 Å². The van der Waals surface area contributed by atoms with Crippen LogP contribution >= 0.6 is 0 Å².